The van der Waals surface area contributed by atoms with Gasteiger partial charge in [0.25, 0.3) is 0 Å². The lowest BCUT2D eigenvalue weighted by atomic mass is 9.93. The van der Waals surface area contributed by atoms with Crippen LogP contribution < -0.4 is 0 Å². The van der Waals surface area contributed by atoms with Gasteiger partial charge in [0.15, 0.2) is 17.5 Å². The third-order valence-electron chi connectivity index (χ3n) is 7.61. The Hall–Kier alpha value is -5.67. The van der Waals surface area contributed by atoms with Gasteiger partial charge in [-0.15, -0.1) is 0 Å². The molecule has 3 heteroatoms. The largest absolute Gasteiger partial charge is 0.208 e. The minimum atomic E-state index is -0.469. The highest BCUT2D eigenvalue weighted by Gasteiger charge is 2.15. The minimum Gasteiger partial charge on any atom is -0.208 e. The van der Waals surface area contributed by atoms with Crippen molar-refractivity contribution in [3.05, 3.63) is 152 Å². The number of benzene rings is 7. The summed E-state index contributed by atoms with van der Waals surface area (Å²) >= 11 is 0. The van der Waals surface area contributed by atoms with Crippen LogP contribution in [0.3, 0.4) is 0 Å². The predicted octanol–water partition coefficient (Wildman–Crippen LogP) is 10.00. The summed E-state index contributed by atoms with van der Waals surface area (Å²) in [6.07, 6.45) is 0. The first-order valence-corrected chi connectivity index (χ1v) is 13.7. The van der Waals surface area contributed by atoms with Crippen molar-refractivity contribution in [1.29, 1.82) is 0 Å². The third kappa shape index (κ3) is 4.20. The van der Waals surface area contributed by atoms with Crippen molar-refractivity contribution < 1.29 is 6.85 Å². The highest BCUT2D eigenvalue weighted by atomic mass is 15.0. The van der Waals surface area contributed by atoms with Crippen LogP contribution in [0.1, 0.15) is 6.85 Å². The Morgan fingerprint density at radius 1 is 0.333 bits per heavy atom. The van der Waals surface area contributed by atoms with Crippen molar-refractivity contribution in [2.45, 2.75) is 0 Å². The number of rotatable bonds is 4. The molecule has 0 radical (unpaired) electrons. The molecule has 0 aliphatic rings. The molecule has 0 aliphatic carbocycles. The fourth-order valence-corrected chi connectivity index (χ4v) is 5.60. The highest BCUT2D eigenvalue weighted by Crippen LogP contribution is 2.37. The van der Waals surface area contributed by atoms with Gasteiger partial charge in [-0.05, 0) is 49.5 Å². The van der Waals surface area contributed by atoms with Crippen LogP contribution in [0.15, 0.2) is 152 Å². The molecule has 0 N–H and O–H groups in total. The molecule has 42 heavy (non-hydrogen) atoms. The van der Waals surface area contributed by atoms with Crippen molar-refractivity contribution >= 4 is 32.3 Å². The van der Waals surface area contributed by atoms with E-state index in [4.69, 9.17) is 21.8 Å². The Bertz CT molecular complexity index is 2450. The van der Waals surface area contributed by atoms with Crippen molar-refractivity contribution in [3.63, 3.8) is 0 Å². The van der Waals surface area contributed by atoms with E-state index in [1.807, 2.05) is 84.9 Å². The van der Waals surface area contributed by atoms with Gasteiger partial charge in [-0.25, -0.2) is 15.0 Å². The van der Waals surface area contributed by atoms with E-state index in [0.29, 0.717) is 17.2 Å². The summed E-state index contributed by atoms with van der Waals surface area (Å²) < 4.78 is 42.0. The summed E-state index contributed by atoms with van der Waals surface area (Å²) in [6.45, 7) is 0. The van der Waals surface area contributed by atoms with Crippen molar-refractivity contribution in [1.82, 2.24) is 15.0 Å². The molecule has 7 aromatic carbocycles. The van der Waals surface area contributed by atoms with E-state index in [2.05, 4.69) is 36.4 Å². The van der Waals surface area contributed by atoms with Crippen LogP contribution in [-0.2, 0) is 0 Å². The topological polar surface area (TPSA) is 38.7 Å². The average molecular weight is 541 g/mol. The summed E-state index contributed by atoms with van der Waals surface area (Å²) in [6, 6.07) is 38.5. The monoisotopic (exact) mass is 540 g/mol. The summed E-state index contributed by atoms with van der Waals surface area (Å²) in [5, 5.41) is 6.69. The van der Waals surface area contributed by atoms with Crippen molar-refractivity contribution in [2.75, 3.05) is 0 Å². The fourth-order valence-electron chi connectivity index (χ4n) is 5.60. The number of aromatic nitrogens is 3. The van der Waals surface area contributed by atoms with Gasteiger partial charge in [0.05, 0.1) is 6.85 Å². The third-order valence-corrected chi connectivity index (χ3v) is 7.61. The van der Waals surface area contributed by atoms with Gasteiger partial charge < -0.3 is 0 Å². The molecule has 196 valence electrons. The smallest absolute Gasteiger partial charge is 0.164 e. The average Bonchev–Trinajstić information content (AvgIpc) is 3.13. The van der Waals surface area contributed by atoms with E-state index in [9.17, 15) is 0 Å². The molecule has 1 heterocycles. The summed E-state index contributed by atoms with van der Waals surface area (Å²) in [4.78, 5) is 14.4. The Labute approximate surface area is 250 Å². The maximum Gasteiger partial charge on any atom is 0.164 e. The van der Waals surface area contributed by atoms with Gasteiger partial charge in [0.2, 0.25) is 0 Å². The van der Waals surface area contributed by atoms with Gasteiger partial charge in [0, 0.05) is 16.7 Å². The highest BCUT2D eigenvalue weighted by molar-refractivity contribution is 6.25. The van der Waals surface area contributed by atoms with Crippen LogP contribution >= 0.6 is 0 Å². The van der Waals surface area contributed by atoms with Crippen molar-refractivity contribution in [3.8, 4) is 45.3 Å². The van der Waals surface area contributed by atoms with Gasteiger partial charge in [-0.1, -0.05) is 145 Å². The first-order valence-electron chi connectivity index (χ1n) is 16.2. The molecule has 3 nitrogen and oxygen atoms in total. The molecule has 1 aromatic heterocycles. The van der Waals surface area contributed by atoms with Gasteiger partial charge in [-0.2, -0.15) is 0 Å². The SMILES string of the molecule is [2H]c1c([2H])c([2H])c(-c2nc(-c3ccc(-c4ccccc4)cc3)nc(-c3ccc4c5ccccc5c5ccccc5c4c3)n2)c([2H])c1[2H]. The predicted molar refractivity (Wildman–Crippen MR) is 174 cm³/mol. The molecule has 0 atom stereocenters. The van der Waals surface area contributed by atoms with Crippen LogP contribution in [0.2, 0.25) is 0 Å². The number of hydrogen-bond acceptors (Lipinski definition) is 3. The molecule has 0 aliphatic heterocycles. The zero-order valence-electron chi connectivity index (χ0n) is 27.4. The maximum absolute atomic E-state index is 8.65. The maximum atomic E-state index is 8.65. The molecule has 0 fully saturated rings. The number of fused-ring (bicyclic) bond motifs is 6. The van der Waals surface area contributed by atoms with Crippen LogP contribution in [-0.4, -0.2) is 15.0 Å². The van der Waals surface area contributed by atoms with Crippen molar-refractivity contribution in [2.24, 2.45) is 0 Å². The Morgan fingerprint density at radius 2 is 0.762 bits per heavy atom. The van der Waals surface area contributed by atoms with Crippen LogP contribution in [0, 0.1) is 0 Å². The van der Waals surface area contributed by atoms with E-state index in [1.54, 1.807) is 0 Å². The van der Waals surface area contributed by atoms with Gasteiger partial charge >= 0.3 is 0 Å². The zero-order chi connectivity index (χ0) is 32.2. The lowest BCUT2D eigenvalue weighted by molar-refractivity contribution is 1.07. The van der Waals surface area contributed by atoms with E-state index in [-0.39, 0.29) is 23.5 Å². The molecule has 8 aromatic rings. The first kappa shape index (κ1) is 19.4. The standard InChI is InChI=1S/C39H25N3/c1-3-11-26(12-4-1)27-19-21-29(22-20-27)38-40-37(28-13-5-2-6-14-28)41-39(42-38)30-23-24-35-33-17-8-7-15-31(33)32-16-9-10-18-34(32)36(35)25-30/h1-25H/i2D,5D,6D,13D,14D. The van der Waals surface area contributed by atoms with Crippen LogP contribution in [0.4, 0.5) is 0 Å². The molecule has 0 amide bonds. The molecular weight excluding hydrogens is 510 g/mol. The molecule has 0 spiro atoms. The molecule has 8 rings (SSSR count). The van der Waals surface area contributed by atoms with Gasteiger partial charge in [0.1, 0.15) is 0 Å². The van der Waals surface area contributed by atoms with Gasteiger partial charge in [-0.3, -0.25) is 0 Å². The van der Waals surface area contributed by atoms with E-state index >= 15 is 0 Å². The van der Waals surface area contributed by atoms with E-state index in [1.165, 1.54) is 5.39 Å². The summed E-state index contributed by atoms with van der Waals surface area (Å²) in [7, 11) is 0. The van der Waals surface area contributed by atoms with E-state index in [0.717, 1.165) is 43.6 Å². The Balaban J connectivity index is 1.37. The summed E-state index contributed by atoms with van der Waals surface area (Å²) in [5.74, 6) is 0.681. The molecule has 0 saturated heterocycles. The second kappa shape index (κ2) is 10.1. The van der Waals surface area contributed by atoms with Crippen LogP contribution in [0.25, 0.3) is 77.6 Å². The van der Waals surface area contributed by atoms with E-state index < -0.39 is 18.1 Å². The Kier molecular flexibility index (Phi) is 4.65. The molecule has 0 bridgehead atoms. The first-order chi connectivity index (χ1) is 22.9. The quantitative estimate of drug-likeness (QED) is 0.209. The second-order valence-electron chi connectivity index (χ2n) is 10.1. The summed E-state index contributed by atoms with van der Waals surface area (Å²) in [5.41, 5.74) is 3.46. The fraction of sp³-hybridized carbons (Fsp3) is 0. The minimum absolute atomic E-state index is 0.0117. The molecular formula is C39H25N3. The van der Waals surface area contributed by atoms with Crippen LogP contribution in [0.5, 0.6) is 0 Å². The Morgan fingerprint density at radius 3 is 1.38 bits per heavy atom. The lowest BCUT2D eigenvalue weighted by Gasteiger charge is -2.12. The number of hydrogen-bond donors (Lipinski definition) is 0. The zero-order valence-corrected chi connectivity index (χ0v) is 22.4. The number of nitrogens with zero attached hydrogens (tertiary/aromatic N) is 3. The molecule has 0 unspecified atom stereocenters. The lowest BCUT2D eigenvalue weighted by Crippen LogP contribution is -2.00. The normalized spacial score (nSPS) is 13.0. The molecule has 0 saturated carbocycles. The second-order valence-corrected chi connectivity index (χ2v) is 10.1.